The predicted octanol–water partition coefficient (Wildman–Crippen LogP) is 3.97. The van der Waals surface area contributed by atoms with Gasteiger partial charge >= 0.3 is 0 Å². The Morgan fingerprint density at radius 2 is 1.94 bits per heavy atom. The highest BCUT2D eigenvalue weighted by molar-refractivity contribution is 6.31. The monoisotopic (exact) mass is 263 g/mol. The standard InChI is InChI=1S/C16H22ClN/c1-11-2-3-13(16(17)8-11)9-12-4-5-14(12)10-18-15-6-7-15/h2-3,8,12,14-15,18H,4-7,9-10H2,1H3. The van der Waals surface area contributed by atoms with Gasteiger partial charge in [0, 0.05) is 11.1 Å². The summed E-state index contributed by atoms with van der Waals surface area (Å²) in [4.78, 5) is 0. The summed E-state index contributed by atoms with van der Waals surface area (Å²) in [5.74, 6) is 1.72. The molecular weight excluding hydrogens is 242 g/mol. The first kappa shape index (κ1) is 12.5. The zero-order chi connectivity index (χ0) is 12.5. The third-order valence-electron chi connectivity index (χ3n) is 4.51. The van der Waals surface area contributed by atoms with Crippen molar-refractivity contribution in [2.45, 2.75) is 45.1 Å². The van der Waals surface area contributed by atoms with Crippen LogP contribution in [0.25, 0.3) is 0 Å². The highest BCUT2D eigenvalue weighted by atomic mass is 35.5. The summed E-state index contributed by atoms with van der Waals surface area (Å²) in [5, 5.41) is 4.62. The summed E-state index contributed by atoms with van der Waals surface area (Å²) in [6.45, 7) is 3.32. The first-order chi connectivity index (χ1) is 8.72. The van der Waals surface area contributed by atoms with E-state index in [9.17, 15) is 0 Å². The first-order valence-corrected chi connectivity index (χ1v) is 7.58. The molecule has 1 nitrogen and oxygen atoms in total. The van der Waals surface area contributed by atoms with Gasteiger partial charge in [-0.1, -0.05) is 23.7 Å². The zero-order valence-corrected chi connectivity index (χ0v) is 11.8. The minimum Gasteiger partial charge on any atom is -0.314 e. The molecule has 1 aromatic carbocycles. The third kappa shape index (κ3) is 2.89. The second-order valence-corrected chi connectivity index (χ2v) is 6.49. The van der Waals surface area contributed by atoms with Crippen molar-refractivity contribution in [3.05, 3.63) is 34.3 Å². The van der Waals surface area contributed by atoms with Crippen LogP contribution >= 0.6 is 11.6 Å². The number of halogens is 1. The molecule has 2 unspecified atom stereocenters. The first-order valence-electron chi connectivity index (χ1n) is 7.21. The van der Waals surface area contributed by atoms with Gasteiger partial charge in [0.25, 0.3) is 0 Å². The molecule has 0 bridgehead atoms. The minimum atomic E-state index is 0.842. The Balaban J connectivity index is 1.54. The number of nitrogens with one attached hydrogen (secondary N) is 1. The summed E-state index contributed by atoms with van der Waals surface area (Å²) < 4.78 is 0. The van der Waals surface area contributed by atoms with Crippen LogP contribution in [0.2, 0.25) is 5.02 Å². The predicted molar refractivity (Wildman–Crippen MR) is 77.1 cm³/mol. The summed E-state index contributed by atoms with van der Waals surface area (Å²) in [5.41, 5.74) is 2.59. The summed E-state index contributed by atoms with van der Waals surface area (Å²) in [6.07, 6.45) is 6.72. The molecule has 0 radical (unpaired) electrons. The van der Waals surface area contributed by atoms with Gasteiger partial charge in [-0.2, -0.15) is 0 Å². The van der Waals surface area contributed by atoms with Crippen LogP contribution in [0.5, 0.6) is 0 Å². The maximum absolute atomic E-state index is 6.32. The van der Waals surface area contributed by atoms with E-state index in [0.717, 1.165) is 29.3 Å². The molecule has 0 heterocycles. The Kier molecular flexibility index (Phi) is 3.63. The molecule has 1 aromatic rings. The fourth-order valence-corrected chi connectivity index (χ4v) is 3.19. The summed E-state index contributed by atoms with van der Waals surface area (Å²) >= 11 is 6.32. The second-order valence-electron chi connectivity index (χ2n) is 6.08. The molecule has 0 aliphatic heterocycles. The van der Waals surface area contributed by atoms with Gasteiger partial charge in [0.15, 0.2) is 0 Å². The molecule has 1 N–H and O–H groups in total. The normalized spacial score (nSPS) is 27.0. The van der Waals surface area contributed by atoms with Crippen molar-refractivity contribution in [2.75, 3.05) is 6.54 Å². The molecule has 0 amide bonds. The highest BCUT2D eigenvalue weighted by Crippen LogP contribution is 2.38. The van der Waals surface area contributed by atoms with Crippen LogP contribution in [0.3, 0.4) is 0 Å². The van der Waals surface area contributed by atoms with Gasteiger partial charge in [-0.05, 0) is 74.6 Å². The molecule has 2 fully saturated rings. The average molecular weight is 264 g/mol. The van der Waals surface area contributed by atoms with Crippen LogP contribution in [0, 0.1) is 18.8 Å². The lowest BCUT2D eigenvalue weighted by atomic mass is 9.70. The Bertz CT molecular complexity index is 425. The van der Waals surface area contributed by atoms with Gasteiger partial charge in [-0.15, -0.1) is 0 Å². The van der Waals surface area contributed by atoms with E-state index in [2.05, 4.69) is 30.4 Å². The van der Waals surface area contributed by atoms with E-state index in [1.54, 1.807) is 0 Å². The SMILES string of the molecule is Cc1ccc(CC2CCC2CNC2CC2)c(Cl)c1. The Morgan fingerprint density at radius 1 is 1.17 bits per heavy atom. The molecule has 2 atom stereocenters. The quantitative estimate of drug-likeness (QED) is 0.848. The smallest absolute Gasteiger partial charge is 0.0440 e. The summed E-state index contributed by atoms with van der Waals surface area (Å²) in [7, 11) is 0. The molecule has 2 heteroatoms. The molecule has 3 rings (SSSR count). The molecule has 0 spiro atoms. The zero-order valence-electron chi connectivity index (χ0n) is 11.1. The van der Waals surface area contributed by atoms with E-state index in [4.69, 9.17) is 11.6 Å². The van der Waals surface area contributed by atoms with Crippen LogP contribution in [-0.4, -0.2) is 12.6 Å². The molecule has 0 saturated heterocycles. The van der Waals surface area contributed by atoms with Crippen LogP contribution in [-0.2, 0) is 6.42 Å². The van der Waals surface area contributed by atoms with Gasteiger partial charge < -0.3 is 5.32 Å². The third-order valence-corrected chi connectivity index (χ3v) is 4.86. The van der Waals surface area contributed by atoms with E-state index < -0.39 is 0 Å². The number of aryl methyl sites for hydroxylation is 1. The lowest BCUT2D eigenvalue weighted by Gasteiger charge is -2.37. The van der Waals surface area contributed by atoms with Crippen molar-refractivity contribution in [3.63, 3.8) is 0 Å². The lowest BCUT2D eigenvalue weighted by Crippen LogP contribution is -2.37. The molecule has 2 saturated carbocycles. The topological polar surface area (TPSA) is 12.0 Å². The van der Waals surface area contributed by atoms with Crippen LogP contribution < -0.4 is 5.32 Å². The number of hydrogen-bond acceptors (Lipinski definition) is 1. The second kappa shape index (κ2) is 5.22. The van der Waals surface area contributed by atoms with E-state index >= 15 is 0 Å². The van der Waals surface area contributed by atoms with Crippen LogP contribution in [0.1, 0.15) is 36.8 Å². The minimum absolute atomic E-state index is 0.842. The van der Waals surface area contributed by atoms with E-state index in [1.807, 2.05) is 0 Å². The summed E-state index contributed by atoms with van der Waals surface area (Å²) in [6, 6.07) is 7.32. The largest absolute Gasteiger partial charge is 0.314 e. The Labute approximate surface area is 115 Å². The van der Waals surface area contributed by atoms with Crippen LogP contribution in [0.4, 0.5) is 0 Å². The number of benzene rings is 1. The van der Waals surface area contributed by atoms with Crippen molar-refractivity contribution >= 4 is 11.6 Å². The van der Waals surface area contributed by atoms with Gasteiger partial charge in [-0.25, -0.2) is 0 Å². The van der Waals surface area contributed by atoms with E-state index in [-0.39, 0.29) is 0 Å². The molecule has 2 aliphatic carbocycles. The highest BCUT2D eigenvalue weighted by Gasteiger charge is 2.32. The number of hydrogen-bond donors (Lipinski definition) is 1. The van der Waals surface area contributed by atoms with Gasteiger partial charge in [0.1, 0.15) is 0 Å². The van der Waals surface area contributed by atoms with Gasteiger partial charge in [0.05, 0.1) is 0 Å². The Morgan fingerprint density at radius 3 is 2.56 bits per heavy atom. The Hall–Kier alpha value is -0.530. The van der Waals surface area contributed by atoms with Crippen molar-refractivity contribution in [1.29, 1.82) is 0 Å². The number of rotatable bonds is 5. The molecule has 2 aliphatic rings. The molecule has 98 valence electrons. The molecule has 18 heavy (non-hydrogen) atoms. The van der Waals surface area contributed by atoms with Gasteiger partial charge in [-0.3, -0.25) is 0 Å². The van der Waals surface area contributed by atoms with Crippen molar-refractivity contribution in [2.24, 2.45) is 11.8 Å². The van der Waals surface area contributed by atoms with E-state index in [0.29, 0.717) is 0 Å². The van der Waals surface area contributed by atoms with Crippen LogP contribution in [0.15, 0.2) is 18.2 Å². The molecular formula is C16H22ClN. The van der Waals surface area contributed by atoms with Crippen molar-refractivity contribution in [3.8, 4) is 0 Å². The average Bonchev–Trinajstić information content (AvgIpc) is 3.10. The molecule has 0 aromatic heterocycles. The van der Waals surface area contributed by atoms with Crippen molar-refractivity contribution in [1.82, 2.24) is 5.32 Å². The lowest BCUT2D eigenvalue weighted by molar-refractivity contribution is 0.170. The maximum Gasteiger partial charge on any atom is 0.0440 e. The fraction of sp³-hybridized carbons (Fsp3) is 0.625. The van der Waals surface area contributed by atoms with Gasteiger partial charge in [0.2, 0.25) is 0 Å². The maximum atomic E-state index is 6.32. The van der Waals surface area contributed by atoms with E-state index in [1.165, 1.54) is 43.4 Å². The fourth-order valence-electron chi connectivity index (χ4n) is 2.88. The van der Waals surface area contributed by atoms with Crippen molar-refractivity contribution < 1.29 is 0 Å².